The van der Waals surface area contributed by atoms with Gasteiger partial charge >= 0.3 is 5.97 Å². The molecule has 0 atom stereocenters. The number of ether oxygens (including phenoxy) is 1. The number of hydrogen-bond acceptors (Lipinski definition) is 4. The van der Waals surface area contributed by atoms with Gasteiger partial charge in [-0.25, -0.2) is 9.78 Å². The summed E-state index contributed by atoms with van der Waals surface area (Å²) in [5.74, 6) is -0.176. The highest BCUT2D eigenvalue weighted by molar-refractivity contribution is 7.15. The number of thiazole rings is 1. The zero-order chi connectivity index (χ0) is 17.6. The standard InChI is InChI=1S/C20H17NO3S/c1-2-24-16-11-7-6-8-14(16)12-13-17-21-18(19(25-17)20(22)23)15-9-4-3-5-10-15/h3-13H,2H2,1H3,(H,22,23)/b13-12+. The molecule has 2 aromatic carbocycles. The van der Waals surface area contributed by atoms with Gasteiger partial charge in [0.25, 0.3) is 0 Å². The SMILES string of the molecule is CCOc1ccccc1/C=C/c1nc(-c2ccccc2)c(C(=O)O)s1. The minimum absolute atomic E-state index is 0.240. The van der Waals surface area contributed by atoms with Gasteiger partial charge < -0.3 is 9.84 Å². The lowest BCUT2D eigenvalue weighted by atomic mass is 10.1. The normalized spacial score (nSPS) is 10.9. The maximum atomic E-state index is 11.5. The molecule has 0 unspecified atom stereocenters. The molecule has 0 spiro atoms. The monoisotopic (exact) mass is 351 g/mol. The number of aromatic nitrogens is 1. The fourth-order valence-corrected chi connectivity index (χ4v) is 3.24. The average molecular weight is 351 g/mol. The molecule has 1 aromatic heterocycles. The van der Waals surface area contributed by atoms with Gasteiger partial charge in [-0.2, -0.15) is 0 Å². The molecule has 25 heavy (non-hydrogen) atoms. The summed E-state index contributed by atoms with van der Waals surface area (Å²) in [7, 11) is 0. The predicted octanol–water partition coefficient (Wildman–Crippen LogP) is 5.08. The quantitative estimate of drug-likeness (QED) is 0.673. The van der Waals surface area contributed by atoms with Crippen molar-refractivity contribution in [2.75, 3.05) is 6.61 Å². The van der Waals surface area contributed by atoms with Crippen LogP contribution in [-0.4, -0.2) is 22.7 Å². The number of hydrogen-bond donors (Lipinski definition) is 1. The van der Waals surface area contributed by atoms with Gasteiger partial charge in [0.15, 0.2) is 0 Å². The second-order valence-electron chi connectivity index (χ2n) is 5.21. The molecular formula is C20H17NO3S. The first kappa shape index (κ1) is 16.9. The molecule has 0 aliphatic heterocycles. The molecule has 4 nitrogen and oxygen atoms in total. The van der Waals surface area contributed by atoms with E-state index in [-0.39, 0.29) is 4.88 Å². The molecule has 3 aromatic rings. The van der Waals surface area contributed by atoms with Gasteiger partial charge in [0.1, 0.15) is 15.6 Å². The largest absolute Gasteiger partial charge is 0.493 e. The summed E-state index contributed by atoms with van der Waals surface area (Å²) in [4.78, 5) is 16.3. The van der Waals surface area contributed by atoms with Crippen molar-refractivity contribution >= 4 is 29.5 Å². The molecule has 0 aliphatic rings. The third-order valence-corrected chi connectivity index (χ3v) is 4.52. The second-order valence-corrected chi connectivity index (χ2v) is 6.24. The number of para-hydroxylation sites is 1. The number of aromatic carboxylic acids is 1. The number of benzene rings is 2. The van der Waals surface area contributed by atoms with Crippen molar-refractivity contribution in [2.45, 2.75) is 6.92 Å². The Morgan fingerprint density at radius 3 is 2.56 bits per heavy atom. The van der Waals surface area contributed by atoms with Gasteiger partial charge in [-0.3, -0.25) is 0 Å². The minimum Gasteiger partial charge on any atom is -0.493 e. The summed E-state index contributed by atoms with van der Waals surface area (Å²) in [6.07, 6.45) is 3.71. The molecule has 126 valence electrons. The Kier molecular flexibility index (Phi) is 5.26. The minimum atomic E-state index is -0.967. The van der Waals surface area contributed by atoms with Crippen LogP contribution in [0.2, 0.25) is 0 Å². The smallest absolute Gasteiger partial charge is 0.348 e. The van der Waals surface area contributed by atoms with Gasteiger partial charge in [-0.05, 0) is 25.1 Å². The van der Waals surface area contributed by atoms with Crippen molar-refractivity contribution in [3.63, 3.8) is 0 Å². The van der Waals surface area contributed by atoms with E-state index in [1.165, 1.54) is 0 Å². The Morgan fingerprint density at radius 1 is 1.12 bits per heavy atom. The molecule has 0 amide bonds. The third kappa shape index (κ3) is 3.95. The molecule has 1 N–H and O–H groups in total. The van der Waals surface area contributed by atoms with E-state index in [0.717, 1.165) is 28.2 Å². The second kappa shape index (κ2) is 7.77. The third-order valence-electron chi connectivity index (χ3n) is 3.51. The van der Waals surface area contributed by atoms with Gasteiger partial charge in [-0.15, -0.1) is 11.3 Å². The zero-order valence-electron chi connectivity index (χ0n) is 13.7. The summed E-state index contributed by atoms with van der Waals surface area (Å²) in [6, 6.07) is 17.1. The van der Waals surface area contributed by atoms with Crippen molar-refractivity contribution in [1.29, 1.82) is 0 Å². The van der Waals surface area contributed by atoms with Crippen LogP contribution in [0.15, 0.2) is 54.6 Å². The molecule has 0 saturated heterocycles. The first-order valence-electron chi connectivity index (χ1n) is 7.88. The Balaban J connectivity index is 1.95. The first-order valence-corrected chi connectivity index (χ1v) is 8.70. The molecular weight excluding hydrogens is 334 g/mol. The van der Waals surface area contributed by atoms with Crippen LogP contribution < -0.4 is 4.74 Å². The molecule has 0 saturated carbocycles. The van der Waals surface area contributed by atoms with Gasteiger partial charge in [0.05, 0.1) is 12.3 Å². The van der Waals surface area contributed by atoms with Crippen LogP contribution in [0.1, 0.15) is 27.2 Å². The summed E-state index contributed by atoms with van der Waals surface area (Å²) in [5, 5.41) is 10.1. The molecule has 0 bridgehead atoms. The van der Waals surface area contributed by atoms with Crippen molar-refractivity contribution in [2.24, 2.45) is 0 Å². The number of nitrogens with zero attached hydrogens (tertiary/aromatic N) is 1. The Morgan fingerprint density at radius 2 is 1.84 bits per heavy atom. The van der Waals surface area contributed by atoms with Gasteiger partial charge in [0.2, 0.25) is 0 Å². The highest BCUT2D eigenvalue weighted by Crippen LogP contribution is 2.30. The number of carbonyl (C=O) groups is 1. The highest BCUT2D eigenvalue weighted by atomic mass is 32.1. The fraction of sp³-hybridized carbons (Fsp3) is 0.100. The Hall–Kier alpha value is -2.92. The van der Waals surface area contributed by atoms with E-state index in [2.05, 4.69) is 4.98 Å². The molecule has 0 fully saturated rings. The summed E-state index contributed by atoms with van der Waals surface area (Å²) in [5.41, 5.74) is 2.22. The maximum absolute atomic E-state index is 11.5. The van der Waals surface area contributed by atoms with Crippen LogP contribution in [-0.2, 0) is 0 Å². The van der Waals surface area contributed by atoms with E-state index in [4.69, 9.17) is 4.74 Å². The van der Waals surface area contributed by atoms with E-state index in [1.54, 1.807) is 0 Å². The Labute approximate surface area is 150 Å². The molecule has 3 rings (SSSR count). The van der Waals surface area contributed by atoms with Crippen LogP contribution in [0.25, 0.3) is 23.4 Å². The van der Waals surface area contributed by atoms with Crippen molar-refractivity contribution < 1.29 is 14.6 Å². The predicted molar refractivity (Wildman–Crippen MR) is 101 cm³/mol. The fourth-order valence-electron chi connectivity index (χ4n) is 2.41. The van der Waals surface area contributed by atoms with Crippen LogP contribution in [0.3, 0.4) is 0 Å². The van der Waals surface area contributed by atoms with Crippen molar-refractivity contribution in [3.8, 4) is 17.0 Å². The first-order chi connectivity index (χ1) is 12.2. The van der Waals surface area contributed by atoms with Gasteiger partial charge in [-0.1, -0.05) is 48.5 Å². The van der Waals surface area contributed by atoms with Crippen LogP contribution in [0.5, 0.6) is 5.75 Å². The molecule has 0 aliphatic carbocycles. The number of carboxylic acids is 1. The summed E-state index contributed by atoms with van der Waals surface area (Å²) < 4.78 is 5.60. The van der Waals surface area contributed by atoms with Gasteiger partial charge in [0, 0.05) is 11.1 Å². The zero-order valence-corrected chi connectivity index (χ0v) is 14.5. The molecule has 1 heterocycles. The summed E-state index contributed by atoms with van der Waals surface area (Å²) in [6.45, 7) is 2.52. The van der Waals surface area contributed by atoms with Crippen LogP contribution in [0.4, 0.5) is 0 Å². The molecule has 5 heteroatoms. The van der Waals surface area contributed by atoms with Crippen molar-refractivity contribution in [1.82, 2.24) is 4.98 Å². The average Bonchev–Trinajstić information content (AvgIpc) is 3.07. The van der Waals surface area contributed by atoms with E-state index < -0.39 is 5.97 Å². The lowest BCUT2D eigenvalue weighted by Crippen LogP contribution is -1.95. The lowest BCUT2D eigenvalue weighted by Gasteiger charge is -2.05. The number of rotatable bonds is 6. The highest BCUT2D eigenvalue weighted by Gasteiger charge is 2.17. The van der Waals surface area contributed by atoms with E-state index in [9.17, 15) is 9.90 Å². The van der Waals surface area contributed by atoms with E-state index in [0.29, 0.717) is 17.3 Å². The topological polar surface area (TPSA) is 59.4 Å². The van der Waals surface area contributed by atoms with Crippen molar-refractivity contribution in [3.05, 3.63) is 70.0 Å². The summed E-state index contributed by atoms with van der Waals surface area (Å²) >= 11 is 1.16. The van der Waals surface area contributed by atoms with Crippen LogP contribution >= 0.6 is 11.3 Å². The van der Waals surface area contributed by atoms with E-state index in [1.807, 2.05) is 73.7 Å². The maximum Gasteiger partial charge on any atom is 0.348 e. The number of carboxylic acid groups (broad SMARTS) is 1. The van der Waals surface area contributed by atoms with Crippen LogP contribution in [0, 0.1) is 0 Å². The molecule has 0 radical (unpaired) electrons. The Bertz CT molecular complexity index is 900. The van der Waals surface area contributed by atoms with E-state index >= 15 is 0 Å². The lowest BCUT2D eigenvalue weighted by molar-refractivity contribution is 0.0702.